The van der Waals surface area contributed by atoms with Crippen molar-refractivity contribution in [1.29, 1.82) is 0 Å². The van der Waals surface area contributed by atoms with Crippen molar-refractivity contribution in [3.05, 3.63) is 77.5 Å². The molecule has 1 aliphatic rings. The van der Waals surface area contributed by atoms with E-state index in [0.29, 0.717) is 5.69 Å². The Labute approximate surface area is 140 Å². The lowest BCUT2D eigenvalue weighted by molar-refractivity contribution is -0.116. The minimum Gasteiger partial charge on any atom is -0.310 e. The van der Waals surface area contributed by atoms with Crippen molar-refractivity contribution in [3.63, 3.8) is 0 Å². The molecule has 1 atom stereocenters. The zero-order valence-corrected chi connectivity index (χ0v) is 12.8. The number of carbonyl (C=O) groups excluding carboxylic acids is 1. The Morgan fingerprint density at radius 1 is 1.08 bits per heavy atom. The fourth-order valence-electron chi connectivity index (χ4n) is 3.08. The van der Waals surface area contributed by atoms with Crippen LogP contribution in [0, 0.1) is 17.5 Å². The Bertz CT molecular complexity index is 983. The minimum absolute atomic E-state index is 0.0508. The number of halogens is 3. The molecule has 126 valence electrons. The van der Waals surface area contributed by atoms with Gasteiger partial charge in [-0.2, -0.15) is 0 Å². The van der Waals surface area contributed by atoms with Crippen molar-refractivity contribution < 1.29 is 18.0 Å². The Morgan fingerprint density at radius 3 is 2.68 bits per heavy atom. The normalized spacial score (nSPS) is 16.4. The molecule has 0 saturated heterocycles. The van der Waals surface area contributed by atoms with Crippen molar-refractivity contribution in [1.82, 2.24) is 9.55 Å². The first-order valence-electron chi connectivity index (χ1n) is 7.61. The average Bonchev–Trinajstić information content (AvgIpc) is 3.00. The van der Waals surface area contributed by atoms with E-state index in [0.717, 1.165) is 18.2 Å². The van der Waals surface area contributed by atoms with Gasteiger partial charge in [-0.1, -0.05) is 12.1 Å². The molecule has 0 unspecified atom stereocenters. The summed E-state index contributed by atoms with van der Waals surface area (Å²) in [6.45, 7) is 0. The van der Waals surface area contributed by atoms with E-state index in [1.54, 1.807) is 12.1 Å². The summed E-state index contributed by atoms with van der Waals surface area (Å²) in [5.41, 5.74) is 0.624. The number of para-hydroxylation sites is 1. The molecular weight excluding hydrogens is 331 g/mol. The van der Waals surface area contributed by atoms with Crippen LogP contribution in [-0.2, 0) is 4.79 Å². The van der Waals surface area contributed by atoms with Gasteiger partial charge >= 0.3 is 0 Å². The quantitative estimate of drug-likeness (QED) is 0.770. The summed E-state index contributed by atoms with van der Waals surface area (Å²) in [5.74, 6) is -2.57. The second-order valence-corrected chi connectivity index (χ2v) is 5.77. The molecule has 2 heterocycles. The summed E-state index contributed by atoms with van der Waals surface area (Å²) in [6, 6.07) is 9.12. The maximum absolute atomic E-state index is 14.2. The number of hydrogen-bond acceptors (Lipinski definition) is 2. The molecule has 3 aromatic rings. The number of nitrogens with one attached hydrogen (secondary N) is 1. The highest BCUT2D eigenvalue weighted by atomic mass is 19.1. The first-order valence-corrected chi connectivity index (χ1v) is 7.61. The van der Waals surface area contributed by atoms with Gasteiger partial charge in [-0.3, -0.25) is 9.36 Å². The smallest absolute Gasteiger partial charge is 0.226 e. The van der Waals surface area contributed by atoms with Crippen LogP contribution in [0.1, 0.15) is 23.6 Å². The second kappa shape index (κ2) is 5.77. The molecular formula is C18H12F3N3O. The zero-order chi connectivity index (χ0) is 17.6. The number of hydrogen-bond donors (Lipinski definition) is 1. The molecule has 1 N–H and O–H groups in total. The molecule has 0 spiro atoms. The number of imidazole rings is 1. The second-order valence-electron chi connectivity index (χ2n) is 5.77. The third-order valence-electron chi connectivity index (χ3n) is 4.22. The summed E-state index contributed by atoms with van der Waals surface area (Å²) in [4.78, 5) is 16.3. The number of carbonyl (C=O) groups is 1. The predicted molar refractivity (Wildman–Crippen MR) is 85.0 cm³/mol. The van der Waals surface area contributed by atoms with Crippen LogP contribution in [0.15, 0.2) is 48.8 Å². The number of benzene rings is 2. The molecule has 0 aliphatic carbocycles. The summed E-state index contributed by atoms with van der Waals surface area (Å²) in [6.07, 6.45) is 1.29. The summed E-state index contributed by atoms with van der Waals surface area (Å²) >= 11 is 0. The van der Waals surface area contributed by atoms with Gasteiger partial charge in [-0.25, -0.2) is 18.2 Å². The molecule has 0 fully saturated rings. The first-order chi connectivity index (χ1) is 12.0. The Kier molecular flexibility index (Phi) is 3.56. The van der Waals surface area contributed by atoms with Gasteiger partial charge in [-0.05, 0) is 30.3 Å². The molecule has 1 aliphatic heterocycles. The number of amides is 1. The van der Waals surface area contributed by atoms with E-state index in [1.165, 1.54) is 23.0 Å². The molecule has 1 aromatic heterocycles. The third kappa shape index (κ3) is 2.57. The number of fused-ring (bicyclic) bond motifs is 1. The van der Waals surface area contributed by atoms with E-state index in [4.69, 9.17) is 0 Å². The molecule has 0 bridgehead atoms. The fourth-order valence-corrected chi connectivity index (χ4v) is 3.08. The van der Waals surface area contributed by atoms with E-state index < -0.39 is 23.4 Å². The van der Waals surface area contributed by atoms with Crippen LogP contribution in [-0.4, -0.2) is 15.5 Å². The van der Waals surface area contributed by atoms with Crippen molar-refractivity contribution in [2.75, 3.05) is 5.32 Å². The number of anilines is 1. The summed E-state index contributed by atoms with van der Waals surface area (Å²) in [7, 11) is 0. The van der Waals surface area contributed by atoms with Gasteiger partial charge in [0.05, 0.1) is 11.4 Å². The van der Waals surface area contributed by atoms with E-state index in [9.17, 15) is 18.0 Å². The van der Waals surface area contributed by atoms with Gasteiger partial charge in [0.15, 0.2) is 0 Å². The van der Waals surface area contributed by atoms with Crippen LogP contribution in [0.5, 0.6) is 0 Å². The van der Waals surface area contributed by atoms with E-state index >= 15 is 0 Å². The fraction of sp³-hybridized carbons (Fsp3) is 0.111. The maximum atomic E-state index is 14.2. The number of aromatic nitrogens is 2. The van der Waals surface area contributed by atoms with Gasteiger partial charge in [0.2, 0.25) is 5.91 Å². The monoisotopic (exact) mass is 343 g/mol. The lowest BCUT2D eigenvalue weighted by Crippen LogP contribution is -2.25. The average molecular weight is 343 g/mol. The van der Waals surface area contributed by atoms with Gasteiger partial charge in [0.1, 0.15) is 29.6 Å². The highest BCUT2D eigenvalue weighted by Crippen LogP contribution is 2.38. The largest absolute Gasteiger partial charge is 0.310 e. The molecule has 2 aromatic carbocycles. The Hall–Kier alpha value is -3.09. The van der Waals surface area contributed by atoms with Crippen LogP contribution >= 0.6 is 0 Å². The molecule has 4 rings (SSSR count). The standard InChI is InChI=1S/C18H12F3N3O/c19-10-5-6-13(20)11(7-10)12-8-16(25)23-18-17(12)22-9-24(18)15-4-2-1-3-14(15)21/h1-7,9,12H,8H2,(H,23,25)/t12-/m0/s1. The third-order valence-corrected chi connectivity index (χ3v) is 4.22. The van der Waals surface area contributed by atoms with Gasteiger partial charge in [0, 0.05) is 17.9 Å². The van der Waals surface area contributed by atoms with E-state index in [-0.39, 0.29) is 29.4 Å². The van der Waals surface area contributed by atoms with Crippen molar-refractivity contribution in [2.45, 2.75) is 12.3 Å². The highest BCUT2D eigenvalue weighted by molar-refractivity contribution is 5.94. The van der Waals surface area contributed by atoms with Crippen molar-refractivity contribution in [2.24, 2.45) is 0 Å². The van der Waals surface area contributed by atoms with Crippen molar-refractivity contribution in [3.8, 4) is 5.69 Å². The van der Waals surface area contributed by atoms with Gasteiger partial charge < -0.3 is 5.32 Å². The van der Waals surface area contributed by atoms with E-state index in [2.05, 4.69) is 10.3 Å². The van der Waals surface area contributed by atoms with Gasteiger partial charge in [-0.15, -0.1) is 0 Å². The topological polar surface area (TPSA) is 46.9 Å². The van der Waals surface area contributed by atoms with Gasteiger partial charge in [0.25, 0.3) is 0 Å². The number of rotatable bonds is 2. The lowest BCUT2D eigenvalue weighted by Gasteiger charge is -2.23. The summed E-state index contributed by atoms with van der Waals surface area (Å²) < 4.78 is 43.2. The van der Waals surface area contributed by atoms with Crippen LogP contribution in [0.25, 0.3) is 5.69 Å². The van der Waals surface area contributed by atoms with E-state index in [1.807, 2.05) is 0 Å². The molecule has 4 nitrogen and oxygen atoms in total. The summed E-state index contributed by atoms with van der Waals surface area (Å²) in [5, 5.41) is 2.65. The van der Waals surface area contributed by atoms with Crippen LogP contribution in [0.4, 0.5) is 19.0 Å². The maximum Gasteiger partial charge on any atom is 0.226 e. The first kappa shape index (κ1) is 15.4. The van der Waals surface area contributed by atoms with Crippen LogP contribution in [0.3, 0.4) is 0 Å². The molecule has 0 radical (unpaired) electrons. The Morgan fingerprint density at radius 2 is 1.88 bits per heavy atom. The lowest BCUT2D eigenvalue weighted by atomic mass is 9.89. The van der Waals surface area contributed by atoms with Crippen molar-refractivity contribution >= 4 is 11.7 Å². The molecule has 0 saturated carbocycles. The highest BCUT2D eigenvalue weighted by Gasteiger charge is 2.33. The molecule has 1 amide bonds. The minimum atomic E-state index is -0.743. The Balaban J connectivity index is 1.87. The molecule has 7 heteroatoms. The van der Waals surface area contributed by atoms with Crippen LogP contribution < -0.4 is 5.32 Å². The SMILES string of the molecule is O=C1C[C@@H](c2cc(F)ccc2F)c2ncn(-c3ccccc3F)c2N1. The predicted octanol–water partition coefficient (Wildman–Crippen LogP) is 3.76. The molecule has 25 heavy (non-hydrogen) atoms. The van der Waals surface area contributed by atoms with Crippen LogP contribution in [0.2, 0.25) is 0 Å². The zero-order valence-electron chi connectivity index (χ0n) is 12.8. The number of nitrogens with zero attached hydrogens (tertiary/aromatic N) is 2.